The van der Waals surface area contributed by atoms with Gasteiger partial charge in [-0.1, -0.05) is 29.3 Å². The standard InChI is InChI=1S/C19H20Cl2N4O5S/c20-14-2-1-3-16(12-14)31(29,30)22-7-6-19(26)24-10-8-23(9-11-24)17-5-4-15(21)13-18(17)25(27)28/h1-5,12-13,22H,6-11H2. The van der Waals surface area contributed by atoms with E-state index in [1.165, 1.54) is 24.3 Å². The Labute approximate surface area is 189 Å². The van der Waals surface area contributed by atoms with Gasteiger partial charge in [0.15, 0.2) is 0 Å². The molecular weight excluding hydrogens is 467 g/mol. The summed E-state index contributed by atoms with van der Waals surface area (Å²) in [6, 6.07) is 10.4. The van der Waals surface area contributed by atoms with Crippen LogP contribution in [-0.4, -0.2) is 56.9 Å². The number of halogens is 2. The molecule has 166 valence electrons. The summed E-state index contributed by atoms with van der Waals surface area (Å²) >= 11 is 11.7. The van der Waals surface area contributed by atoms with Gasteiger partial charge in [0.2, 0.25) is 15.9 Å². The monoisotopic (exact) mass is 486 g/mol. The molecule has 9 nitrogen and oxygen atoms in total. The SMILES string of the molecule is O=C(CCNS(=O)(=O)c1cccc(Cl)c1)N1CCN(c2ccc(Cl)cc2[N+](=O)[O-])CC1. The topological polar surface area (TPSA) is 113 Å². The van der Waals surface area contributed by atoms with Crippen LogP contribution in [0.1, 0.15) is 6.42 Å². The third-order valence-corrected chi connectivity index (χ3v) is 6.77. The number of hydrogen-bond donors (Lipinski definition) is 1. The number of amides is 1. The molecule has 1 fully saturated rings. The maximum absolute atomic E-state index is 12.5. The van der Waals surface area contributed by atoms with Crippen molar-refractivity contribution >= 4 is 50.5 Å². The second kappa shape index (κ2) is 9.82. The van der Waals surface area contributed by atoms with Crippen LogP contribution >= 0.6 is 23.2 Å². The zero-order valence-corrected chi connectivity index (χ0v) is 18.7. The number of carbonyl (C=O) groups excluding carboxylic acids is 1. The maximum atomic E-state index is 12.5. The minimum Gasteiger partial charge on any atom is -0.362 e. The smallest absolute Gasteiger partial charge is 0.294 e. The molecule has 12 heteroatoms. The Bertz CT molecular complexity index is 1090. The van der Waals surface area contributed by atoms with E-state index in [0.29, 0.717) is 36.9 Å². The van der Waals surface area contributed by atoms with E-state index < -0.39 is 14.9 Å². The van der Waals surface area contributed by atoms with Gasteiger partial charge in [-0.25, -0.2) is 13.1 Å². The number of sulfonamides is 1. The number of anilines is 1. The van der Waals surface area contributed by atoms with Gasteiger partial charge < -0.3 is 9.80 Å². The van der Waals surface area contributed by atoms with Crippen LogP contribution in [0.4, 0.5) is 11.4 Å². The number of nitrogens with one attached hydrogen (secondary N) is 1. The number of nitro benzene ring substituents is 1. The third kappa shape index (κ3) is 5.85. The van der Waals surface area contributed by atoms with Crippen molar-refractivity contribution in [1.82, 2.24) is 9.62 Å². The molecule has 0 unspecified atom stereocenters. The van der Waals surface area contributed by atoms with Crippen molar-refractivity contribution in [2.24, 2.45) is 0 Å². The lowest BCUT2D eigenvalue weighted by atomic mass is 10.2. The molecule has 0 aromatic heterocycles. The first-order valence-corrected chi connectivity index (χ1v) is 11.6. The number of carbonyl (C=O) groups is 1. The fourth-order valence-electron chi connectivity index (χ4n) is 3.27. The van der Waals surface area contributed by atoms with Gasteiger partial charge in [-0.15, -0.1) is 0 Å². The van der Waals surface area contributed by atoms with Crippen LogP contribution in [0.25, 0.3) is 0 Å². The van der Waals surface area contributed by atoms with E-state index in [1.54, 1.807) is 23.1 Å². The van der Waals surface area contributed by atoms with Gasteiger partial charge in [0, 0.05) is 55.3 Å². The molecule has 3 rings (SSSR count). The minimum atomic E-state index is -3.76. The van der Waals surface area contributed by atoms with Gasteiger partial charge in [-0.3, -0.25) is 14.9 Å². The Hall–Kier alpha value is -2.40. The third-order valence-electron chi connectivity index (χ3n) is 4.84. The van der Waals surface area contributed by atoms with Gasteiger partial charge in [0.25, 0.3) is 5.69 Å². The van der Waals surface area contributed by atoms with Crippen LogP contribution < -0.4 is 9.62 Å². The Kier molecular flexibility index (Phi) is 7.37. The average molecular weight is 487 g/mol. The predicted molar refractivity (Wildman–Crippen MR) is 118 cm³/mol. The number of piperazine rings is 1. The highest BCUT2D eigenvalue weighted by Crippen LogP contribution is 2.31. The highest BCUT2D eigenvalue weighted by Gasteiger charge is 2.26. The van der Waals surface area contributed by atoms with Crippen molar-refractivity contribution in [3.63, 3.8) is 0 Å². The molecule has 2 aromatic carbocycles. The molecule has 1 saturated heterocycles. The molecule has 0 saturated carbocycles. The van der Waals surface area contributed by atoms with Crippen molar-refractivity contribution in [2.45, 2.75) is 11.3 Å². The lowest BCUT2D eigenvalue weighted by molar-refractivity contribution is -0.384. The molecule has 1 aliphatic heterocycles. The Balaban J connectivity index is 1.52. The highest BCUT2D eigenvalue weighted by molar-refractivity contribution is 7.89. The average Bonchev–Trinajstić information content (AvgIpc) is 2.73. The van der Waals surface area contributed by atoms with Gasteiger partial charge >= 0.3 is 0 Å². The normalized spacial score (nSPS) is 14.5. The maximum Gasteiger partial charge on any atom is 0.294 e. The number of hydrogen-bond acceptors (Lipinski definition) is 6. The second-order valence-electron chi connectivity index (χ2n) is 6.86. The minimum absolute atomic E-state index is 0.000881. The van der Waals surface area contributed by atoms with Crippen LogP contribution in [-0.2, 0) is 14.8 Å². The van der Waals surface area contributed by atoms with Gasteiger partial charge in [0.1, 0.15) is 5.69 Å². The summed E-state index contributed by atoms with van der Waals surface area (Å²) in [5.74, 6) is -0.195. The first-order chi connectivity index (χ1) is 14.7. The molecule has 2 aromatic rings. The van der Waals surface area contributed by atoms with Crippen LogP contribution in [0.2, 0.25) is 10.0 Å². The van der Waals surface area contributed by atoms with Gasteiger partial charge in [-0.05, 0) is 30.3 Å². The molecule has 1 heterocycles. The molecule has 1 aliphatic rings. The summed E-state index contributed by atoms with van der Waals surface area (Å²) < 4.78 is 27.0. The van der Waals surface area contributed by atoms with Crippen molar-refractivity contribution in [3.05, 3.63) is 62.6 Å². The molecule has 0 radical (unpaired) electrons. The largest absolute Gasteiger partial charge is 0.362 e. The summed E-state index contributed by atoms with van der Waals surface area (Å²) in [5, 5.41) is 11.9. The quantitative estimate of drug-likeness (QED) is 0.475. The van der Waals surface area contributed by atoms with Crippen LogP contribution in [0, 0.1) is 10.1 Å². The lowest BCUT2D eigenvalue weighted by Gasteiger charge is -2.35. The molecule has 0 atom stereocenters. The Morgan fingerprint density at radius 2 is 1.74 bits per heavy atom. The number of rotatable bonds is 7. The zero-order chi connectivity index (χ0) is 22.6. The van der Waals surface area contributed by atoms with Crippen LogP contribution in [0.3, 0.4) is 0 Å². The van der Waals surface area contributed by atoms with Crippen molar-refractivity contribution in [3.8, 4) is 0 Å². The summed E-state index contributed by atoms with van der Waals surface area (Å²) in [6.07, 6.45) is 0.000881. The first-order valence-electron chi connectivity index (χ1n) is 9.39. The van der Waals surface area contributed by atoms with E-state index in [9.17, 15) is 23.3 Å². The number of benzene rings is 2. The molecule has 0 aliphatic carbocycles. The summed E-state index contributed by atoms with van der Waals surface area (Å²) in [5.41, 5.74) is 0.374. The van der Waals surface area contributed by atoms with E-state index in [4.69, 9.17) is 23.2 Å². The van der Waals surface area contributed by atoms with E-state index in [2.05, 4.69) is 4.72 Å². The van der Waals surface area contributed by atoms with E-state index in [-0.39, 0.29) is 34.5 Å². The lowest BCUT2D eigenvalue weighted by Crippen LogP contribution is -2.49. The van der Waals surface area contributed by atoms with Crippen LogP contribution in [0.5, 0.6) is 0 Å². The zero-order valence-electron chi connectivity index (χ0n) is 16.3. The highest BCUT2D eigenvalue weighted by atomic mass is 35.5. The van der Waals surface area contributed by atoms with E-state index >= 15 is 0 Å². The fraction of sp³-hybridized carbons (Fsp3) is 0.316. The Morgan fingerprint density at radius 3 is 2.39 bits per heavy atom. The molecule has 0 spiro atoms. The molecular formula is C19H20Cl2N4O5S. The van der Waals surface area contributed by atoms with E-state index in [0.717, 1.165) is 0 Å². The van der Waals surface area contributed by atoms with Gasteiger partial charge in [-0.2, -0.15) is 0 Å². The number of nitro groups is 1. The summed E-state index contributed by atoms with van der Waals surface area (Å²) in [4.78, 5) is 26.8. The fourth-order valence-corrected chi connectivity index (χ4v) is 4.77. The first kappa shape index (κ1) is 23.3. The van der Waals surface area contributed by atoms with Crippen molar-refractivity contribution in [1.29, 1.82) is 0 Å². The summed E-state index contributed by atoms with van der Waals surface area (Å²) in [6.45, 7) is 1.54. The molecule has 0 bridgehead atoms. The summed E-state index contributed by atoms with van der Waals surface area (Å²) in [7, 11) is -3.76. The van der Waals surface area contributed by atoms with Gasteiger partial charge in [0.05, 0.1) is 9.82 Å². The van der Waals surface area contributed by atoms with Crippen molar-refractivity contribution < 1.29 is 18.1 Å². The molecule has 1 amide bonds. The van der Waals surface area contributed by atoms with E-state index in [1.807, 2.05) is 4.90 Å². The molecule has 1 N–H and O–H groups in total. The second-order valence-corrected chi connectivity index (χ2v) is 9.50. The number of nitrogens with zero attached hydrogens (tertiary/aromatic N) is 3. The van der Waals surface area contributed by atoms with Crippen molar-refractivity contribution in [2.75, 3.05) is 37.6 Å². The van der Waals surface area contributed by atoms with Crippen LogP contribution in [0.15, 0.2) is 47.4 Å². The Morgan fingerprint density at radius 1 is 1.06 bits per heavy atom. The predicted octanol–water partition coefficient (Wildman–Crippen LogP) is 2.92. The molecule has 31 heavy (non-hydrogen) atoms.